The lowest BCUT2D eigenvalue weighted by Crippen LogP contribution is -2.44. The van der Waals surface area contributed by atoms with Gasteiger partial charge < -0.3 is 21.1 Å². The number of nitrogens with two attached hydrogens (primary N) is 1. The summed E-state index contributed by atoms with van der Waals surface area (Å²) < 4.78 is 19.3. The van der Waals surface area contributed by atoms with Crippen LogP contribution in [0.3, 0.4) is 0 Å². The molecular weight excluding hydrogens is 437 g/mol. The normalized spacial score (nSPS) is 21.4. The van der Waals surface area contributed by atoms with Gasteiger partial charge in [0.1, 0.15) is 23.5 Å². The summed E-state index contributed by atoms with van der Waals surface area (Å²) in [6.45, 7) is 5.18. The van der Waals surface area contributed by atoms with E-state index in [0.717, 1.165) is 38.4 Å². The molecule has 34 heavy (non-hydrogen) atoms. The number of nitrogens with one attached hydrogen (secondary N) is 2. The van der Waals surface area contributed by atoms with Crippen molar-refractivity contribution < 1.29 is 13.9 Å². The summed E-state index contributed by atoms with van der Waals surface area (Å²) in [7, 11) is 0. The monoisotopic (exact) mass is 465 g/mol. The topological polar surface area (TPSA) is 118 Å². The molecule has 10 heteroatoms. The van der Waals surface area contributed by atoms with Gasteiger partial charge in [0.25, 0.3) is 5.91 Å². The number of amides is 1. The lowest BCUT2D eigenvalue weighted by molar-refractivity contribution is 0.0342. The highest BCUT2D eigenvalue weighted by Gasteiger charge is 2.23. The van der Waals surface area contributed by atoms with Gasteiger partial charge in [-0.1, -0.05) is 24.3 Å². The molecule has 0 bridgehead atoms. The maximum absolute atomic E-state index is 13.9. The van der Waals surface area contributed by atoms with Crippen LogP contribution in [-0.4, -0.2) is 77.4 Å². The van der Waals surface area contributed by atoms with Crippen LogP contribution in [-0.2, 0) is 11.3 Å². The number of hydrogen-bond donors (Lipinski definition) is 3. The molecule has 2 fully saturated rings. The Morgan fingerprint density at radius 1 is 1.18 bits per heavy atom. The van der Waals surface area contributed by atoms with Crippen molar-refractivity contribution in [1.29, 1.82) is 0 Å². The van der Waals surface area contributed by atoms with Gasteiger partial charge in [0, 0.05) is 50.7 Å². The summed E-state index contributed by atoms with van der Waals surface area (Å²) in [5.74, 6) is -0.135. The molecular formula is C24H28FN7O2. The molecule has 178 valence electrons. The number of benzene rings is 1. The molecule has 2 atom stereocenters. The Kier molecular flexibility index (Phi) is 6.61. The van der Waals surface area contributed by atoms with Crippen LogP contribution in [0.25, 0.3) is 22.3 Å². The van der Waals surface area contributed by atoms with Gasteiger partial charge in [0.15, 0.2) is 5.82 Å². The first-order chi connectivity index (χ1) is 16.6. The van der Waals surface area contributed by atoms with E-state index in [4.69, 9.17) is 15.5 Å². The Morgan fingerprint density at radius 2 is 1.97 bits per heavy atom. The maximum Gasteiger partial charge on any atom is 0.251 e. The van der Waals surface area contributed by atoms with E-state index in [1.54, 1.807) is 6.07 Å². The van der Waals surface area contributed by atoms with Crippen LogP contribution in [0.5, 0.6) is 0 Å². The molecule has 2 saturated heterocycles. The number of rotatable bonds is 6. The Bertz CT molecular complexity index is 1170. The van der Waals surface area contributed by atoms with E-state index in [1.165, 1.54) is 11.9 Å². The number of piperidine rings is 1. The molecule has 2 aliphatic heterocycles. The second-order valence-electron chi connectivity index (χ2n) is 8.76. The minimum atomic E-state index is -0.931. The third-order valence-corrected chi connectivity index (χ3v) is 6.25. The first kappa shape index (κ1) is 22.6. The van der Waals surface area contributed by atoms with E-state index >= 15 is 0 Å². The molecule has 4 heterocycles. The van der Waals surface area contributed by atoms with Gasteiger partial charge >= 0.3 is 0 Å². The molecule has 0 radical (unpaired) electrons. The molecule has 2 aromatic heterocycles. The molecule has 1 amide bonds. The zero-order valence-electron chi connectivity index (χ0n) is 18.8. The van der Waals surface area contributed by atoms with Crippen LogP contribution in [0, 0.1) is 0 Å². The minimum absolute atomic E-state index is 0.149. The largest absolute Gasteiger partial charge is 0.379 e. The highest BCUT2D eigenvalue weighted by atomic mass is 19.1. The molecule has 3 aromatic rings. The van der Waals surface area contributed by atoms with Crippen LogP contribution in [0.1, 0.15) is 22.3 Å². The Hall–Kier alpha value is -3.21. The van der Waals surface area contributed by atoms with Crippen LogP contribution in [0.2, 0.25) is 0 Å². The molecule has 9 nitrogen and oxygen atoms in total. The molecule has 2 aliphatic rings. The van der Waals surface area contributed by atoms with Crippen molar-refractivity contribution in [3.63, 3.8) is 0 Å². The summed E-state index contributed by atoms with van der Waals surface area (Å²) >= 11 is 0. The van der Waals surface area contributed by atoms with Gasteiger partial charge in [-0.2, -0.15) is 0 Å². The lowest BCUT2D eigenvalue weighted by atomic mass is 10.0. The first-order valence-electron chi connectivity index (χ1n) is 11.5. The number of carbonyl (C=O) groups excluding carboxylic acids is 1. The second-order valence-corrected chi connectivity index (χ2v) is 8.76. The van der Waals surface area contributed by atoms with Crippen molar-refractivity contribution in [2.75, 3.05) is 44.7 Å². The number of alkyl halides is 1. The average Bonchev–Trinajstić information content (AvgIpc) is 2.85. The number of primary amides is 1. The van der Waals surface area contributed by atoms with Gasteiger partial charge in [-0.25, -0.2) is 19.3 Å². The quantitative estimate of drug-likeness (QED) is 0.504. The predicted octanol–water partition coefficient (Wildman–Crippen LogP) is 1.73. The number of carbonyl (C=O) groups is 1. The van der Waals surface area contributed by atoms with E-state index in [1.807, 2.05) is 12.1 Å². The van der Waals surface area contributed by atoms with Crippen LogP contribution >= 0.6 is 0 Å². The van der Waals surface area contributed by atoms with Crippen molar-refractivity contribution in [3.05, 3.63) is 47.8 Å². The molecule has 0 saturated carbocycles. The Balaban J connectivity index is 1.46. The fourth-order valence-corrected chi connectivity index (χ4v) is 4.47. The average molecular weight is 466 g/mol. The van der Waals surface area contributed by atoms with Gasteiger partial charge in [0.05, 0.1) is 24.5 Å². The van der Waals surface area contributed by atoms with E-state index in [9.17, 15) is 9.18 Å². The number of hydrogen-bond acceptors (Lipinski definition) is 8. The second kappa shape index (κ2) is 9.96. The van der Waals surface area contributed by atoms with Crippen molar-refractivity contribution in [2.24, 2.45) is 5.73 Å². The fraction of sp³-hybridized carbons (Fsp3) is 0.417. The molecule has 1 aromatic carbocycles. The number of anilines is 1. The van der Waals surface area contributed by atoms with Crippen LogP contribution < -0.4 is 16.4 Å². The summed E-state index contributed by atoms with van der Waals surface area (Å²) in [5.41, 5.74) is 9.41. The highest BCUT2D eigenvalue weighted by molar-refractivity contribution is 6.06. The van der Waals surface area contributed by atoms with Crippen molar-refractivity contribution in [2.45, 2.75) is 25.2 Å². The summed E-state index contributed by atoms with van der Waals surface area (Å²) in [6, 6.07) is 9.63. The molecule has 0 aliphatic carbocycles. The molecule has 4 N–H and O–H groups in total. The van der Waals surface area contributed by atoms with Gasteiger partial charge in [0.2, 0.25) is 0 Å². The lowest BCUT2D eigenvalue weighted by Gasteiger charge is -2.27. The number of halogens is 1. The highest BCUT2D eigenvalue weighted by Crippen LogP contribution is 2.28. The van der Waals surface area contributed by atoms with Gasteiger partial charge in [-0.3, -0.25) is 9.69 Å². The molecule has 0 unspecified atom stereocenters. The van der Waals surface area contributed by atoms with E-state index in [2.05, 4.69) is 37.6 Å². The Labute approximate surface area is 196 Å². The Morgan fingerprint density at radius 3 is 2.71 bits per heavy atom. The minimum Gasteiger partial charge on any atom is -0.379 e. The number of morpholine rings is 1. The number of fused-ring (bicyclic) bond motifs is 1. The van der Waals surface area contributed by atoms with Gasteiger partial charge in [-0.05, 0) is 11.6 Å². The fourth-order valence-electron chi connectivity index (χ4n) is 4.47. The summed E-state index contributed by atoms with van der Waals surface area (Å²) in [4.78, 5) is 28.0. The third kappa shape index (κ3) is 4.98. The zero-order valence-corrected chi connectivity index (χ0v) is 18.8. The molecule has 5 rings (SSSR count). The zero-order chi connectivity index (χ0) is 23.5. The third-order valence-electron chi connectivity index (χ3n) is 6.25. The van der Waals surface area contributed by atoms with Crippen LogP contribution in [0.15, 0.2) is 36.7 Å². The van der Waals surface area contributed by atoms with Crippen molar-refractivity contribution in [1.82, 2.24) is 25.2 Å². The number of pyridine rings is 1. The van der Waals surface area contributed by atoms with Crippen molar-refractivity contribution >= 4 is 22.8 Å². The predicted molar refractivity (Wildman–Crippen MR) is 127 cm³/mol. The van der Waals surface area contributed by atoms with E-state index < -0.39 is 12.1 Å². The summed E-state index contributed by atoms with van der Waals surface area (Å²) in [5, 5.41) is 6.34. The summed E-state index contributed by atoms with van der Waals surface area (Å²) in [6.07, 6.45) is 0.799. The number of nitrogens with zero attached hydrogens (tertiary/aromatic N) is 4. The maximum atomic E-state index is 13.9. The molecule has 0 spiro atoms. The van der Waals surface area contributed by atoms with Crippen LogP contribution in [0.4, 0.5) is 10.2 Å². The van der Waals surface area contributed by atoms with E-state index in [-0.39, 0.29) is 11.6 Å². The number of aromatic nitrogens is 3. The standard InChI is InChI=1S/C24H28FN7O2/c25-17-9-18(12-27-11-17)30-24-22-21(28-14-29-24)19(23(26)33)10-20(31-22)16-3-1-15(2-4-16)13-32-5-7-34-8-6-32/h1-4,10,14,17-18,27H,5-9,11-13H2,(H2,26,33)(H,28,29,30)/t17-,18+/m1/s1. The smallest absolute Gasteiger partial charge is 0.251 e. The number of ether oxygens (including phenoxy) is 1. The van der Waals surface area contributed by atoms with Gasteiger partial charge in [-0.15, -0.1) is 0 Å². The van der Waals surface area contributed by atoms with Crippen molar-refractivity contribution in [3.8, 4) is 11.3 Å². The van der Waals surface area contributed by atoms with E-state index in [0.29, 0.717) is 42.1 Å². The first-order valence-corrected chi connectivity index (χ1v) is 11.5. The SMILES string of the molecule is NC(=O)c1cc(-c2ccc(CN3CCOCC3)cc2)nc2c(N[C@@H]3CNC[C@H](F)C3)ncnc12.